The van der Waals surface area contributed by atoms with Crippen LogP contribution in [0, 0.1) is 10.4 Å². The third kappa shape index (κ3) is 1.07. The third-order valence-corrected chi connectivity index (χ3v) is 1.74. The first-order valence-corrected chi connectivity index (χ1v) is 3.71. The van der Waals surface area contributed by atoms with Crippen LogP contribution >= 0.6 is 11.5 Å². The molecule has 0 amide bonds. The van der Waals surface area contributed by atoms with Crippen molar-refractivity contribution in [3.63, 3.8) is 0 Å². The van der Waals surface area contributed by atoms with E-state index < -0.39 is 0 Å². The van der Waals surface area contributed by atoms with Crippen molar-refractivity contribution < 1.29 is 13.8 Å². The van der Waals surface area contributed by atoms with Crippen LogP contribution in [0.3, 0.4) is 0 Å². The van der Waals surface area contributed by atoms with Gasteiger partial charge in [-0.25, -0.2) is 5.21 Å². The smallest absolute Gasteiger partial charge is 0.182 e. The summed E-state index contributed by atoms with van der Waals surface area (Å²) >= 11 is 0.866. The molecule has 0 N–H and O–H groups in total. The van der Waals surface area contributed by atoms with Gasteiger partial charge in [-0.2, -0.15) is 0 Å². The molecule has 2 rings (SSSR count). The van der Waals surface area contributed by atoms with Gasteiger partial charge < -0.3 is 9.73 Å². The zero-order valence-corrected chi connectivity index (χ0v) is 6.39. The Morgan fingerprint density at radius 2 is 2.17 bits per heavy atom. The quantitative estimate of drug-likeness (QED) is 0.423. The zero-order chi connectivity index (χ0) is 8.55. The fraction of sp³-hybridized carbons (Fsp3) is 0. The van der Waals surface area contributed by atoms with E-state index in [2.05, 4.69) is 14.7 Å². The van der Waals surface area contributed by atoms with Gasteiger partial charge in [-0.3, -0.25) is 0 Å². The Morgan fingerprint density at radius 3 is 2.67 bits per heavy atom. The molecule has 0 aliphatic rings. The molecular weight excluding hydrogens is 184 g/mol. The Labute approximate surface area is 69.7 Å². The van der Waals surface area contributed by atoms with Crippen LogP contribution in [-0.4, -0.2) is 10.2 Å². The number of nitrogens with zero attached hydrogens (tertiary/aromatic N) is 4. The summed E-state index contributed by atoms with van der Waals surface area (Å²) in [7, 11) is 0. The fourth-order valence-corrected chi connectivity index (χ4v) is 1.18. The highest BCUT2D eigenvalue weighted by molar-refractivity contribution is 6.99. The Morgan fingerprint density at radius 1 is 1.33 bits per heavy atom. The highest BCUT2D eigenvalue weighted by Crippen LogP contribution is 2.11. The molecule has 2 heterocycles. The second-order valence-corrected chi connectivity index (χ2v) is 2.65. The van der Waals surface area contributed by atoms with E-state index in [-0.39, 0.29) is 10.7 Å². The molecule has 2 aromatic heterocycles. The fourth-order valence-electron chi connectivity index (χ4n) is 0.683. The van der Waals surface area contributed by atoms with Gasteiger partial charge in [0.2, 0.25) is 0 Å². The van der Waals surface area contributed by atoms with E-state index in [4.69, 9.17) is 0 Å². The molecule has 0 aliphatic carbocycles. The zero-order valence-electron chi connectivity index (χ0n) is 5.58. The van der Waals surface area contributed by atoms with Gasteiger partial charge in [-0.1, -0.05) is 0 Å². The number of hydrogen-bond donors (Lipinski definition) is 0. The molecule has 0 aromatic carbocycles. The van der Waals surface area contributed by atoms with Gasteiger partial charge in [0.15, 0.2) is 27.9 Å². The summed E-state index contributed by atoms with van der Waals surface area (Å²) in [5, 5.41) is 29.4. The van der Waals surface area contributed by atoms with Gasteiger partial charge in [-0.05, 0) is 0 Å². The van der Waals surface area contributed by atoms with Crippen LogP contribution in [0.2, 0.25) is 0 Å². The lowest BCUT2D eigenvalue weighted by molar-refractivity contribution is -0.840. The monoisotopic (exact) mass is 186 g/mol. The molecule has 0 atom stereocenters. The van der Waals surface area contributed by atoms with Crippen LogP contribution in [0.4, 0.5) is 0 Å². The summed E-state index contributed by atoms with van der Waals surface area (Å²) in [6.45, 7) is 0. The van der Waals surface area contributed by atoms with Crippen LogP contribution in [0.15, 0.2) is 16.2 Å². The normalized spacial score (nSPS) is 10.3. The SMILES string of the molecule is [O-][n+]1nc(-c2cs[n+]([O-])n2)co1. The molecule has 0 saturated heterocycles. The van der Waals surface area contributed by atoms with Crippen LogP contribution in [0.5, 0.6) is 0 Å². The van der Waals surface area contributed by atoms with Crippen molar-refractivity contribution in [1.29, 1.82) is 0 Å². The molecule has 7 nitrogen and oxygen atoms in total. The summed E-state index contributed by atoms with van der Waals surface area (Å²) in [6, 6.07) is 0. The van der Waals surface area contributed by atoms with E-state index in [0.717, 1.165) is 17.8 Å². The molecule has 12 heavy (non-hydrogen) atoms. The van der Waals surface area contributed by atoms with Crippen LogP contribution < -0.4 is 9.25 Å². The molecule has 0 radical (unpaired) electrons. The molecule has 8 heteroatoms. The van der Waals surface area contributed by atoms with Gasteiger partial charge in [0, 0.05) is 9.33 Å². The topological polar surface area (TPSA) is 92.8 Å². The van der Waals surface area contributed by atoms with E-state index >= 15 is 0 Å². The highest BCUT2D eigenvalue weighted by atomic mass is 32.1. The largest absolute Gasteiger partial charge is 0.581 e. The maximum Gasteiger partial charge on any atom is 0.182 e. The second-order valence-electron chi connectivity index (χ2n) is 1.89. The molecule has 0 aliphatic heterocycles. The number of rotatable bonds is 1. The lowest BCUT2D eigenvalue weighted by atomic mass is 10.4. The molecule has 0 saturated carbocycles. The first kappa shape index (κ1) is 6.98. The van der Waals surface area contributed by atoms with Crippen molar-refractivity contribution in [2.75, 3.05) is 0 Å². The molecule has 62 valence electrons. The first-order chi connectivity index (χ1) is 5.75. The second kappa shape index (κ2) is 2.41. The molecule has 2 aromatic rings. The van der Waals surface area contributed by atoms with Crippen molar-refractivity contribution >= 4 is 11.5 Å². The van der Waals surface area contributed by atoms with Crippen molar-refractivity contribution in [2.45, 2.75) is 0 Å². The minimum atomic E-state index is 0.0455. The van der Waals surface area contributed by atoms with Gasteiger partial charge in [0.25, 0.3) is 0 Å². The predicted octanol–water partition coefficient (Wildman–Crippen LogP) is -0.935. The van der Waals surface area contributed by atoms with Crippen molar-refractivity contribution in [1.82, 2.24) is 10.2 Å². The highest BCUT2D eigenvalue weighted by Gasteiger charge is 2.13. The van der Waals surface area contributed by atoms with E-state index in [9.17, 15) is 10.4 Å². The summed E-state index contributed by atoms with van der Waals surface area (Å²) in [5.41, 5.74) is 0.573. The standard InChI is InChI=1S/C4H2N4O3S/c9-7-5-3(1-11-7)4-2-12-8(10)6-4/h1-2H. The average Bonchev–Trinajstić information content (AvgIpc) is 2.58. The Bertz CT molecular complexity index is 358. The predicted molar refractivity (Wildman–Crippen MR) is 35.5 cm³/mol. The Kier molecular flexibility index (Phi) is 1.40. The minimum absolute atomic E-state index is 0.0455. The summed E-state index contributed by atoms with van der Waals surface area (Å²) < 4.78 is 4.75. The average molecular weight is 186 g/mol. The van der Waals surface area contributed by atoms with Gasteiger partial charge in [0.05, 0.1) is 16.7 Å². The Balaban J connectivity index is 2.43. The van der Waals surface area contributed by atoms with Crippen LogP contribution in [-0.2, 0) is 0 Å². The van der Waals surface area contributed by atoms with Crippen LogP contribution in [0.1, 0.15) is 0 Å². The number of aromatic nitrogens is 4. The molecular formula is C4H2N4O3S. The molecule has 0 bridgehead atoms. The summed E-state index contributed by atoms with van der Waals surface area (Å²) in [4.78, 5) is 0. The van der Waals surface area contributed by atoms with Gasteiger partial charge >= 0.3 is 0 Å². The number of hydrogen-bond acceptors (Lipinski definition) is 6. The van der Waals surface area contributed by atoms with Gasteiger partial charge in [0.1, 0.15) is 0 Å². The van der Waals surface area contributed by atoms with Crippen LogP contribution in [0.25, 0.3) is 11.4 Å². The van der Waals surface area contributed by atoms with E-state index in [1.165, 1.54) is 5.38 Å². The Hall–Kier alpha value is -1.70. The third-order valence-electron chi connectivity index (χ3n) is 1.15. The summed E-state index contributed by atoms with van der Waals surface area (Å²) in [6.07, 6.45) is 1.13. The summed E-state index contributed by atoms with van der Waals surface area (Å²) in [5.74, 6) is 0. The lowest BCUT2D eigenvalue weighted by Crippen LogP contribution is -2.26. The maximum absolute atomic E-state index is 10.6. The van der Waals surface area contributed by atoms with E-state index in [0.29, 0.717) is 9.93 Å². The maximum atomic E-state index is 10.6. The van der Waals surface area contributed by atoms with Crippen molar-refractivity contribution in [2.24, 2.45) is 0 Å². The van der Waals surface area contributed by atoms with E-state index in [1.807, 2.05) is 0 Å². The van der Waals surface area contributed by atoms with Gasteiger partial charge in [-0.15, -0.1) is 0 Å². The molecule has 0 fully saturated rings. The first-order valence-electron chi connectivity index (χ1n) is 2.88. The van der Waals surface area contributed by atoms with Crippen molar-refractivity contribution in [3.05, 3.63) is 22.1 Å². The minimum Gasteiger partial charge on any atom is -0.581 e. The van der Waals surface area contributed by atoms with Crippen molar-refractivity contribution in [3.8, 4) is 11.4 Å². The van der Waals surface area contributed by atoms with E-state index in [1.54, 1.807) is 0 Å². The molecule has 0 spiro atoms. The lowest BCUT2D eigenvalue weighted by Gasteiger charge is -1.77. The molecule has 0 unspecified atom stereocenters.